The molecule has 1 aliphatic heterocycles. The van der Waals surface area contributed by atoms with Gasteiger partial charge in [0, 0.05) is 18.7 Å². The molecule has 0 bridgehead atoms. The third-order valence-electron chi connectivity index (χ3n) is 4.01. The van der Waals surface area contributed by atoms with Gasteiger partial charge in [-0.05, 0) is 25.8 Å². The number of nitrogens with one attached hydrogen (secondary N) is 1. The van der Waals surface area contributed by atoms with Gasteiger partial charge < -0.3 is 10.1 Å². The molecule has 2 atom stereocenters. The summed E-state index contributed by atoms with van der Waals surface area (Å²) in [4.78, 5) is 12.1. The molecule has 1 amide bonds. The van der Waals surface area contributed by atoms with E-state index in [2.05, 4.69) is 15.6 Å². The summed E-state index contributed by atoms with van der Waals surface area (Å²) in [6, 6.07) is 6.15. The summed E-state index contributed by atoms with van der Waals surface area (Å²) in [7, 11) is 0. The molecule has 7 heteroatoms. The Bertz CT molecular complexity index is 682. The zero-order valence-corrected chi connectivity index (χ0v) is 12.9. The molecule has 3 rings (SSSR count). The molecule has 1 saturated heterocycles. The van der Waals surface area contributed by atoms with Crippen LogP contribution >= 0.6 is 0 Å². The lowest BCUT2D eigenvalue weighted by Crippen LogP contribution is -2.32. The highest BCUT2D eigenvalue weighted by atomic mass is 19.1. The molecular weight excluding hydrogens is 299 g/mol. The quantitative estimate of drug-likeness (QED) is 0.914. The van der Waals surface area contributed by atoms with Crippen molar-refractivity contribution in [3.63, 3.8) is 0 Å². The lowest BCUT2D eigenvalue weighted by molar-refractivity contribution is 0.0853. The number of halogens is 1. The van der Waals surface area contributed by atoms with E-state index >= 15 is 0 Å². The Morgan fingerprint density at radius 2 is 2.35 bits per heavy atom. The van der Waals surface area contributed by atoms with Gasteiger partial charge in [0.2, 0.25) is 0 Å². The normalized spacial score (nSPS) is 18.8. The van der Waals surface area contributed by atoms with Crippen molar-refractivity contribution in [1.82, 2.24) is 20.3 Å². The molecule has 122 valence electrons. The molecule has 1 fully saturated rings. The SMILES string of the molecule is C[C@@H](c1ccccc1F)n1cc(C(=O)NC[C@H]2CCCO2)nn1. The topological polar surface area (TPSA) is 69.0 Å². The Morgan fingerprint density at radius 3 is 3.09 bits per heavy atom. The van der Waals surface area contributed by atoms with Gasteiger partial charge >= 0.3 is 0 Å². The van der Waals surface area contributed by atoms with Crippen LogP contribution in [0.3, 0.4) is 0 Å². The molecular formula is C16H19FN4O2. The van der Waals surface area contributed by atoms with Crippen LogP contribution in [0.4, 0.5) is 4.39 Å². The van der Waals surface area contributed by atoms with Gasteiger partial charge in [-0.2, -0.15) is 0 Å². The highest BCUT2D eigenvalue weighted by molar-refractivity contribution is 5.91. The molecule has 2 heterocycles. The smallest absolute Gasteiger partial charge is 0.273 e. The van der Waals surface area contributed by atoms with Crippen LogP contribution in [0.25, 0.3) is 0 Å². The number of carbonyl (C=O) groups excluding carboxylic acids is 1. The van der Waals surface area contributed by atoms with Crippen LogP contribution in [0.1, 0.15) is 41.9 Å². The fourth-order valence-corrected chi connectivity index (χ4v) is 2.63. The van der Waals surface area contributed by atoms with Crippen molar-refractivity contribution in [2.45, 2.75) is 31.9 Å². The van der Waals surface area contributed by atoms with Gasteiger partial charge in [0.05, 0.1) is 18.3 Å². The van der Waals surface area contributed by atoms with E-state index in [1.54, 1.807) is 25.1 Å². The zero-order valence-electron chi connectivity index (χ0n) is 12.9. The van der Waals surface area contributed by atoms with Gasteiger partial charge in [-0.25, -0.2) is 9.07 Å². The predicted octanol–water partition coefficient (Wildman–Crippen LogP) is 1.94. The van der Waals surface area contributed by atoms with Crippen LogP contribution in [0.5, 0.6) is 0 Å². The summed E-state index contributed by atoms with van der Waals surface area (Å²) < 4.78 is 20.8. The second kappa shape index (κ2) is 6.87. The highest BCUT2D eigenvalue weighted by Crippen LogP contribution is 2.19. The number of amides is 1. The lowest BCUT2D eigenvalue weighted by Gasteiger charge is -2.12. The van der Waals surface area contributed by atoms with Crippen LogP contribution in [-0.4, -0.2) is 40.2 Å². The average molecular weight is 318 g/mol. The summed E-state index contributed by atoms with van der Waals surface area (Å²) in [6.07, 6.45) is 3.59. The highest BCUT2D eigenvalue weighted by Gasteiger charge is 2.19. The third kappa shape index (κ3) is 3.56. The van der Waals surface area contributed by atoms with Crippen LogP contribution in [-0.2, 0) is 4.74 Å². The number of hydrogen-bond acceptors (Lipinski definition) is 4. The average Bonchev–Trinajstić information content (AvgIpc) is 3.24. The number of ether oxygens (including phenoxy) is 1. The first-order chi connectivity index (χ1) is 11.1. The summed E-state index contributed by atoms with van der Waals surface area (Å²) in [5.41, 5.74) is 0.718. The van der Waals surface area contributed by atoms with E-state index in [1.165, 1.54) is 16.9 Å². The first-order valence-corrected chi connectivity index (χ1v) is 7.71. The van der Waals surface area contributed by atoms with Crippen LogP contribution in [0.15, 0.2) is 30.5 Å². The summed E-state index contributed by atoms with van der Waals surface area (Å²) >= 11 is 0. The van der Waals surface area contributed by atoms with Crippen LogP contribution < -0.4 is 5.32 Å². The van der Waals surface area contributed by atoms with Gasteiger partial charge in [-0.1, -0.05) is 23.4 Å². The van der Waals surface area contributed by atoms with E-state index in [0.29, 0.717) is 12.1 Å². The van der Waals surface area contributed by atoms with E-state index in [4.69, 9.17) is 4.74 Å². The van der Waals surface area contributed by atoms with Crippen molar-refractivity contribution in [1.29, 1.82) is 0 Å². The standard InChI is InChI=1S/C16H19FN4O2/c1-11(13-6-2-3-7-14(13)17)21-10-15(19-20-21)16(22)18-9-12-5-4-8-23-12/h2-3,6-7,10-12H,4-5,8-9H2,1H3,(H,18,22)/t11-,12+/m0/s1. The van der Waals surface area contributed by atoms with Crippen molar-refractivity contribution in [2.75, 3.05) is 13.2 Å². The maximum Gasteiger partial charge on any atom is 0.273 e. The Balaban J connectivity index is 1.65. The van der Waals surface area contributed by atoms with Gasteiger partial charge in [0.1, 0.15) is 5.82 Å². The number of carbonyl (C=O) groups is 1. The van der Waals surface area contributed by atoms with Crippen LogP contribution in [0.2, 0.25) is 0 Å². The summed E-state index contributed by atoms with van der Waals surface area (Å²) in [6.45, 7) is 3.02. The van der Waals surface area contributed by atoms with E-state index in [1.807, 2.05) is 0 Å². The minimum atomic E-state index is -0.344. The van der Waals surface area contributed by atoms with E-state index in [-0.39, 0.29) is 29.6 Å². The molecule has 1 N–H and O–H groups in total. The Kier molecular flexibility index (Phi) is 4.66. The zero-order chi connectivity index (χ0) is 16.2. The van der Waals surface area contributed by atoms with Crippen molar-refractivity contribution >= 4 is 5.91 Å². The third-order valence-corrected chi connectivity index (χ3v) is 4.01. The summed E-state index contributed by atoms with van der Waals surface area (Å²) in [5, 5.41) is 10.6. The van der Waals surface area contributed by atoms with E-state index < -0.39 is 0 Å². The van der Waals surface area contributed by atoms with Gasteiger partial charge in [-0.3, -0.25) is 4.79 Å². The molecule has 0 saturated carbocycles. The molecule has 0 radical (unpaired) electrons. The lowest BCUT2D eigenvalue weighted by atomic mass is 10.1. The van der Waals surface area contributed by atoms with Crippen molar-refractivity contribution in [3.8, 4) is 0 Å². The minimum absolute atomic E-state index is 0.0753. The second-order valence-electron chi connectivity index (χ2n) is 5.63. The maximum absolute atomic E-state index is 13.8. The van der Waals surface area contributed by atoms with Crippen molar-refractivity contribution in [3.05, 3.63) is 47.5 Å². The number of aromatic nitrogens is 3. The van der Waals surface area contributed by atoms with Gasteiger partial charge in [0.25, 0.3) is 5.91 Å². The molecule has 1 aromatic heterocycles. The van der Waals surface area contributed by atoms with Gasteiger partial charge in [-0.15, -0.1) is 5.10 Å². The molecule has 1 aliphatic rings. The van der Waals surface area contributed by atoms with Crippen LogP contribution in [0, 0.1) is 5.82 Å². The molecule has 0 spiro atoms. The molecule has 0 unspecified atom stereocenters. The molecule has 0 aliphatic carbocycles. The first kappa shape index (κ1) is 15.6. The minimum Gasteiger partial charge on any atom is -0.376 e. The first-order valence-electron chi connectivity index (χ1n) is 7.71. The predicted molar refractivity (Wildman–Crippen MR) is 81.5 cm³/mol. The number of hydrogen-bond donors (Lipinski definition) is 1. The maximum atomic E-state index is 13.8. The van der Waals surface area contributed by atoms with Crippen molar-refractivity contribution < 1.29 is 13.9 Å². The Hall–Kier alpha value is -2.28. The molecule has 2 aromatic rings. The number of nitrogens with zero attached hydrogens (tertiary/aromatic N) is 3. The fraction of sp³-hybridized carbons (Fsp3) is 0.438. The number of benzene rings is 1. The van der Waals surface area contributed by atoms with E-state index in [0.717, 1.165) is 19.4 Å². The van der Waals surface area contributed by atoms with Gasteiger partial charge in [0.15, 0.2) is 5.69 Å². The molecule has 1 aromatic carbocycles. The Morgan fingerprint density at radius 1 is 1.52 bits per heavy atom. The molecule has 23 heavy (non-hydrogen) atoms. The molecule has 6 nitrogen and oxygen atoms in total. The van der Waals surface area contributed by atoms with E-state index in [9.17, 15) is 9.18 Å². The largest absolute Gasteiger partial charge is 0.376 e. The number of rotatable bonds is 5. The fourth-order valence-electron chi connectivity index (χ4n) is 2.63. The second-order valence-corrected chi connectivity index (χ2v) is 5.63. The Labute approximate surface area is 133 Å². The summed E-state index contributed by atoms with van der Waals surface area (Å²) in [5.74, 6) is -0.604. The monoisotopic (exact) mass is 318 g/mol. The van der Waals surface area contributed by atoms with Crippen molar-refractivity contribution in [2.24, 2.45) is 0 Å².